The molecule has 11 heteroatoms. The molecule has 0 spiro atoms. The van der Waals surface area contributed by atoms with Gasteiger partial charge < -0.3 is 9.64 Å². The van der Waals surface area contributed by atoms with Crippen molar-refractivity contribution in [3.63, 3.8) is 0 Å². The number of benzene rings is 2. The predicted octanol–water partition coefficient (Wildman–Crippen LogP) is 2.59. The van der Waals surface area contributed by atoms with E-state index in [1.807, 2.05) is 0 Å². The minimum atomic E-state index is -0.663. The third kappa shape index (κ3) is 3.49. The average Bonchev–Trinajstić information content (AvgIpc) is 3.23. The first-order valence-corrected chi connectivity index (χ1v) is 10.6. The van der Waals surface area contributed by atoms with Gasteiger partial charge in [-0.1, -0.05) is 12.1 Å². The van der Waals surface area contributed by atoms with Crippen molar-refractivity contribution in [3.05, 3.63) is 81.8 Å². The summed E-state index contributed by atoms with van der Waals surface area (Å²) in [6.07, 6.45) is 1.38. The highest BCUT2D eigenvalue weighted by Gasteiger charge is 2.43. The van der Waals surface area contributed by atoms with Crippen LogP contribution in [-0.4, -0.2) is 44.1 Å². The van der Waals surface area contributed by atoms with E-state index in [2.05, 4.69) is 20.3 Å². The Labute approximate surface area is 192 Å². The number of nitrogens with one attached hydrogen (secondary N) is 1. The molecule has 2 atom stereocenters. The summed E-state index contributed by atoms with van der Waals surface area (Å²) >= 11 is 0. The molecule has 0 radical (unpaired) electrons. The lowest BCUT2D eigenvalue weighted by Gasteiger charge is -2.42. The fraction of sp³-hybridized carbons (Fsp3) is 0.261. The van der Waals surface area contributed by atoms with Crippen LogP contribution in [0.1, 0.15) is 36.0 Å². The number of aromatic nitrogens is 5. The Bertz CT molecular complexity index is 1450. The van der Waals surface area contributed by atoms with Crippen LogP contribution in [0.3, 0.4) is 0 Å². The van der Waals surface area contributed by atoms with Gasteiger partial charge in [0.05, 0.1) is 35.3 Å². The van der Waals surface area contributed by atoms with Gasteiger partial charge in [0.15, 0.2) is 0 Å². The van der Waals surface area contributed by atoms with Crippen LogP contribution in [0.5, 0.6) is 0 Å². The number of carbonyl (C=O) groups excluding carboxylic acids is 1. The summed E-state index contributed by atoms with van der Waals surface area (Å²) in [5.41, 5.74) is 0.821. The van der Waals surface area contributed by atoms with Crippen LogP contribution in [0.15, 0.2) is 47.5 Å². The molecule has 1 aliphatic heterocycles. The zero-order valence-corrected chi connectivity index (χ0v) is 18.3. The molecule has 0 amide bonds. The second-order valence-electron chi connectivity index (χ2n) is 7.93. The van der Waals surface area contributed by atoms with Gasteiger partial charge in [-0.05, 0) is 36.8 Å². The summed E-state index contributed by atoms with van der Waals surface area (Å²) in [6, 6.07) is 7.53. The number of halogens is 2. The maximum Gasteiger partial charge on any atom is 0.325 e. The minimum absolute atomic E-state index is 0.0959. The molecule has 1 N–H and O–H groups in total. The van der Waals surface area contributed by atoms with Crippen molar-refractivity contribution in [2.75, 3.05) is 18.1 Å². The largest absolute Gasteiger partial charge is 0.465 e. The highest BCUT2D eigenvalue weighted by Crippen LogP contribution is 2.49. The SMILES string of the molecule is CCOC(=O)CN1c2cc(F)cc3c(=O)[nH]nc(c23)C(c2ncnn2C)C1c1ccc(F)cc1. The molecule has 0 aliphatic carbocycles. The summed E-state index contributed by atoms with van der Waals surface area (Å²) < 4.78 is 35.3. The molecule has 2 aromatic heterocycles. The zero-order valence-electron chi connectivity index (χ0n) is 18.3. The number of nitrogens with zero attached hydrogens (tertiary/aromatic N) is 5. The summed E-state index contributed by atoms with van der Waals surface area (Å²) in [5, 5.41) is 11.5. The summed E-state index contributed by atoms with van der Waals surface area (Å²) in [4.78, 5) is 31.3. The van der Waals surface area contributed by atoms with E-state index in [-0.39, 0.29) is 18.5 Å². The summed E-state index contributed by atoms with van der Waals surface area (Å²) in [5.74, 6) is -1.75. The molecular formula is C23H20F2N6O3. The molecule has 2 unspecified atom stereocenters. The molecule has 9 nitrogen and oxygen atoms in total. The smallest absolute Gasteiger partial charge is 0.325 e. The Morgan fingerprint density at radius 1 is 1.18 bits per heavy atom. The first kappa shape index (κ1) is 21.7. The first-order chi connectivity index (χ1) is 16.4. The highest BCUT2D eigenvalue weighted by molar-refractivity contribution is 5.99. The monoisotopic (exact) mass is 466 g/mol. The fourth-order valence-corrected chi connectivity index (χ4v) is 4.61. The predicted molar refractivity (Wildman–Crippen MR) is 118 cm³/mol. The lowest BCUT2D eigenvalue weighted by molar-refractivity contribution is -0.141. The van der Waals surface area contributed by atoms with E-state index >= 15 is 0 Å². The number of hydrogen-bond donors (Lipinski definition) is 1. The molecule has 0 fully saturated rings. The Morgan fingerprint density at radius 2 is 1.94 bits per heavy atom. The van der Waals surface area contributed by atoms with E-state index in [0.29, 0.717) is 28.2 Å². The number of hydrogen-bond acceptors (Lipinski definition) is 7. The number of aryl methyl sites for hydroxylation is 1. The van der Waals surface area contributed by atoms with Crippen LogP contribution in [0.2, 0.25) is 0 Å². The van der Waals surface area contributed by atoms with Crippen molar-refractivity contribution in [2.45, 2.75) is 18.9 Å². The first-order valence-electron chi connectivity index (χ1n) is 10.6. The van der Waals surface area contributed by atoms with E-state index in [1.54, 1.807) is 35.7 Å². The van der Waals surface area contributed by atoms with Crippen LogP contribution in [0, 0.1) is 11.6 Å². The second-order valence-corrected chi connectivity index (χ2v) is 7.93. The van der Waals surface area contributed by atoms with Crippen LogP contribution in [0.25, 0.3) is 10.8 Å². The van der Waals surface area contributed by atoms with Crippen LogP contribution in [0.4, 0.5) is 14.5 Å². The Morgan fingerprint density at radius 3 is 2.62 bits per heavy atom. The second kappa shape index (κ2) is 8.32. The highest BCUT2D eigenvalue weighted by atomic mass is 19.1. The van der Waals surface area contributed by atoms with Crippen molar-refractivity contribution < 1.29 is 18.3 Å². The van der Waals surface area contributed by atoms with Gasteiger partial charge >= 0.3 is 5.97 Å². The molecule has 2 aromatic carbocycles. The third-order valence-corrected chi connectivity index (χ3v) is 5.96. The maximum absolute atomic E-state index is 14.7. The van der Waals surface area contributed by atoms with Gasteiger partial charge in [0, 0.05) is 12.4 Å². The molecule has 174 valence electrons. The summed E-state index contributed by atoms with van der Waals surface area (Å²) in [6.45, 7) is 1.61. The van der Waals surface area contributed by atoms with E-state index < -0.39 is 35.1 Å². The van der Waals surface area contributed by atoms with Crippen molar-refractivity contribution in [3.8, 4) is 0 Å². The lowest BCUT2D eigenvalue weighted by Crippen LogP contribution is -2.42. The summed E-state index contributed by atoms with van der Waals surface area (Å²) in [7, 11) is 1.71. The molecule has 34 heavy (non-hydrogen) atoms. The Hall–Kier alpha value is -4.15. The number of H-pyrrole nitrogens is 1. The molecule has 3 heterocycles. The van der Waals surface area contributed by atoms with Gasteiger partial charge in [-0.3, -0.25) is 14.3 Å². The Balaban J connectivity index is 1.85. The molecule has 5 rings (SSSR count). The van der Waals surface area contributed by atoms with Gasteiger partial charge in [0.25, 0.3) is 5.56 Å². The van der Waals surface area contributed by atoms with Crippen molar-refractivity contribution in [2.24, 2.45) is 7.05 Å². The maximum atomic E-state index is 14.7. The normalized spacial score (nSPS) is 17.2. The minimum Gasteiger partial charge on any atom is -0.465 e. The number of ether oxygens (including phenoxy) is 1. The number of rotatable bonds is 5. The zero-order chi connectivity index (χ0) is 24.0. The fourth-order valence-electron chi connectivity index (χ4n) is 4.61. The van der Waals surface area contributed by atoms with Gasteiger partial charge in [-0.25, -0.2) is 18.9 Å². The number of aromatic amines is 1. The van der Waals surface area contributed by atoms with E-state index in [9.17, 15) is 18.4 Å². The topological polar surface area (TPSA) is 106 Å². The van der Waals surface area contributed by atoms with Crippen LogP contribution >= 0.6 is 0 Å². The molecule has 4 aromatic rings. The van der Waals surface area contributed by atoms with E-state index in [4.69, 9.17) is 4.74 Å². The Kier molecular flexibility index (Phi) is 5.31. The molecular weight excluding hydrogens is 446 g/mol. The van der Waals surface area contributed by atoms with Gasteiger partial charge in [-0.15, -0.1) is 0 Å². The molecule has 0 saturated carbocycles. The van der Waals surface area contributed by atoms with Gasteiger partial charge in [-0.2, -0.15) is 10.2 Å². The van der Waals surface area contributed by atoms with Crippen molar-refractivity contribution in [1.29, 1.82) is 0 Å². The quantitative estimate of drug-likeness (QED) is 0.451. The molecule has 0 saturated heterocycles. The number of carbonyl (C=O) groups is 1. The molecule has 0 bridgehead atoms. The molecule has 1 aliphatic rings. The van der Waals surface area contributed by atoms with Crippen LogP contribution in [-0.2, 0) is 16.6 Å². The number of esters is 1. The van der Waals surface area contributed by atoms with Gasteiger partial charge in [0.1, 0.15) is 30.3 Å². The standard InChI is InChI=1S/C23H20F2N6O3/c1-3-34-17(32)10-31-16-9-14(25)8-15-18(16)20(28-29-23(15)33)19(22-26-11-27-30(22)2)21(31)12-4-6-13(24)7-5-12/h4-9,11,19,21H,3,10H2,1-2H3,(H,29,33). The van der Waals surface area contributed by atoms with Crippen molar-refractivity contribution >= 4 is 22.4 Å². The number of anilines is 1. The van der Waals surface area contributed by atoms with E-state index in [0.717, 1.165) is 6.07 Å². The lowest BCUT2D eigenvalue weighted by atomic mass is 9.82. The van der Waals surface area contributed by atoms with E-state index in [1.165, 1.54) is 24.5 Å². The third-order valence-electron chi connectivity index (χ3n) is 5.96. The van der Waals surface area contributed by atoms with Gasteiger partial charge in [0.2, 0.25) is 0 Å². The van der Waals surface area contributed by atoms with Crippen LogP contribution < -0.4 is 10.5 Å². The average molecular weight is 466 g/mol. The van der Waals surface area contributed by atoms with Crippen molar-refractivity contribution in [1.82, 2.24) is 25.0 Å².